The first kappa shape index (κ1) is 19.8. The van der Waals surface area contributed by atoms with Gasteiger partial charge in [0, 0.05) is 0 Å². The standard InChI is InChI=1S/C22H28O4/c1-3-5-9-17-25-21-11-8-7-10-20(21)22(23)26-19-14-12-18(13-15-19)24-16-6-4-2/h7-8,10-15H,3-6,9,16-17H2,1-2H3. The molecule has 0 N–H and O–H groups in total. The lowest BCUT2D eigenvalue weighted by Gasteiger charge is -2.11. The highest BCUT2D eigenvalue weighted by Crippen LogP contribution is 2.23. The predicted octanol–water partition coefficient (Wildman–Crippen LogP) is 5.65. The van der Waals surface area contributed by atoms with E-state index in [-0.39, 0.29) is 0 Å². The van der Waals surface area contributed by atoms with Crippen LogP contribution in [0.4, 0.5) is 0 Å². The molecule has 4 nitrogen and oxygen atoms in total. The number of hydrogen-bond donors (Lipinski definition) is 0. The Morgan fingerprint density at radius 1 is 0.769 bits per heavy atom. The minimum atomic E-state index is -0.421. The highest BCUT2D eigenvalue weighted by Gasteiger charge is 2.14. The van der Waals surface area contributed by atoms with Crippen LogP contribution >= 0.6 is 0 Å². The quantitative estimate of drug-likeness (QED) is 0.296. The van der Waals surface area contributed by atoms with Crippen molar-refractivity contribution in [1.29, 1.82) is 0 Å². The topological polar surface area (TPSA) is 44.8 Å². The molecule has 26 heavy (non-hydrogen) atoms. The fraction of sp³-hybridized carbons (Fsp3) is 0.409. The Hall–Kier alpha value is -2.49. The van der Waals surface area contributed by atoms with Crippen molar-refractivity contribution in [3.05, 3.63) is 54.1 Å². The minimum Gasteiger partial charge on any atom is -0.494 e. The molecule has 2 aromatic carbocycles. The van der Waals surface area contributed by atoms with Crippen molar-refractivity contribution in [2.24, 2.45) is 0 Å². The number of carbonyl (C=O) groups is 1. The molecule has 4 heteroatoms. The van der Waals surface area contributed by atoms with Crippen LogP contribution in [0.15, 0.2) is 48.5 Å². The van der Waals surface area contributed by atoms with Gasteiger partial charge in [0.15, 0.2) is 0 Å². The van der Waals surface area contributed by atoms with Gasteiger partial charge in [0.05, 0.1) is 13.2 Å². The summed E-state index contributed by atoms with van der Waals surface area (Å²) in [5, 5.41) is 0. The molecule has 0 aliphatic rings. The van der Waals surface area contributed by atoms with Crippen molar-refractivity contribution in [2.75, 3.05) is 13.2 Å². The van der Waals surface area contributed by atoms with E-state index >= 15 is 0 Å². The lowest BCUT2D eigenvalue weighted by atomic mass is 10.2. The number of ether oxygens (including phenoxy) is 3. The Balaban J connectivity index is 1.94. The molecule has 140 valence electrons. The SMILES string of the molecule is CCCCCOc1ccccc1C(=O)Oc1ccc(OCCCC)cc1. The maximum atomic E-state index is 12.5. The second-order valence-electron chi connectivity index (χ2n) is 6.11. The van der Waals surface area contributed by atoms with Crippen molar-refractivity contribution in [3.8, 4) is 17.2 Å². The maximum Gasteiger partial charge on any atom is 0.347 e. The Kier molecular flexibility index (Phi) is 8.53. The molecule has 0 atom stereocenters. The summed E-state index contributed by atoms with van der Waals surface area (Å²) in [6, 6.07) is 14.3. The molecule has 0 aromatic heterocycles. The monoisotopic (exact) mass is 356 g/mol. The first-order valence-corrected chi connectivity index (χ1v) is 9.41. The molecule has 0 saturated carbocycles. The molecule has 0 fully saturated rings. The number of benzene rings is 2. The van der Waals surface area contributed by atoms with Gasteiger partial charge in [0.1, 0.15) is 22.8 Å². The Labute approximate surface area is 156 Å². The van der Waals surface area contributed by atoms with Crippen molar-refractivity contribution < 1.29 is 19.0 Å². The summed E-state index contributed by atoms with van der Waals surface area (Å²) in [4.78, 5) is 12.5. The van der Waals surface area contributed by atoms with Crippen LogP contribution in [0.3, 0.4) is 0 Å². The van der Waals surface area contributed by atoms with Gasteiger partial charge in [-0.2, -0.15) is 0 Å². The third-order valence-electron chi connectivity index (χ3n) is 3.91. The van der Waals surface area contributed by atoms with Gasteiger partial charge in [-0.25, -0.2) is 4.79 Å². The van der Waals surface area contributed by atoms with Crippen LogP contribution in [-0.2, 0) is 0 Å². The highest BCUT2D eigenvalue weighted by atomic mass is 16.5. The molecule has 0 amide bonds. The lowest BCUT2D eigenvalue weighted by molar-refractivity contribution is 0.0730. The third kappa shape index (κ3) is 6.43. The van der Waals surface area contributed by atoms with Gasteiger partial charge >= 0.3 is 5.97 Å². The largest absolute Gasteiger partial charge is 0.494 e. The van der Waals surface area contributed by atoms with Crippen LogP contribution < -0.4 is 14.2 Å². The summed E-state index contributed by atoms with van der Waals surface area (Å²) < 4.78 is 16.8. The van der Waals surface area contributed by atoms with Gasteiger partial charge in [0.25, 0.3) is 0 Å². The average molecular weight is 356 g/mol. The number of rotatable bonds is 11. The zero-order valence-electron chi connectivity index (χ0n) is 15.7. The van der Waals surface area contributed by atoms with Crippen LogP contribution in [0.25, 0.3) is 0 Å². The molecule has 0 radical (unpaired) electrons. The number of esters is 1. The van der Waals surface area contributed by atoms with E-state index in [4.69, 9.17) is 14.2 Å². The van der Waals surface area contributed by atoms with E-state index in [1.807, 2.05) is 18.2 Å². The van der Waals surface area contributed by atoms with Crippen LogP contribution in [0, 0.1) is 0 Å². The molecule has 0 unspecified atom stereocenters. The van der Waals surface area contributed by atoms with E-state index in [1.165, 1.54) is 0 Å². The van der Waals surface area contributed by atoms with Crippen molar-refractivity contribution in [3.63, 3.8) is 0 Å². The van der Waals surface area contributed by atoms with E-state index in [9.17, 15) is 4.79 Å². The second kappa shape index (κ2) is 11.2. The van der Waals surface area contributed by atoms with Crippen molar-refractivity contribution in [1.82, 2.24) is 0 Å². The molecule has 0 aliphatic heterocycles. The highest BCUT2D eigenvalue weighted by molar-refractivity contribution is 5.94. The lowest BCUT2D eigenvalue weighted by Crippen LogP contribution is -2.11. The Morgan fingerprint density at radius 3 is 2.15 bits per heavy atom. The molecule has 0 bridgehead atoms. The maximum absolute atomic E-state index is 12.5. The van der Waals surface area contributed by atoms with E-state index in [2.05, 4.69) is 13.8 Å². The summed E-state index contributed by atoms with van der Waals surface area (Å²) in [6.07, 6.45) is 5.32. The molecule has 2 aromatic rings. The number of para-hydroxylation sites is 1. The Morgan fingerprint density at radius 2 is 1.42 bits per heavy atom. The van der Waals surface area contributed by atoms with E-state index in [0.717, 1.165) is 37.9 Å². The normalized spacial score (nSPS) is 10.4. The number of unbranched alkanes of at least 4 members (excludes halogenated alkanes) is 3. The summed E-state index contributed by atoms with van der Waals surface area (Å²) in [5.41, 5.74) is 0.437. The fourth-order valence-electron chi connectivity index (χ4n) is 2.40. The first-order chi connectivity index (χ1) is 12.7. The molecular weight excluding hydrogens is 328 g/mol. The summed E-state index contributed by atoms with van der Waals surface area (Å²) in [7, 11) is 0. The second-order valence-corrected chi connectivity index (χ2v) is 6.11. The van der Waals surface area contributed by atoms with E-state index < -0.39 is 5.97 Å². The van der Waals surface area contributed by atoms with Gasteiger partial charge in [0.2, 0.25) is 0 Å². The van der Waals surface area contributed by atoms with Gasteiger partial charge in [-0.3, -0.25) is 0 Å². The zero-order chi connectivity index (χ0) is 18.6. The zero-order valence-corrected chi connectivity index (χ0v) is 15.7. The summed E-state index contributed by atoms with van der Waals surface area (Å²) in [5.74, 6) is 1.40. The minimum absolute atomic E-state index is 0.421. The van der Waals surface area contributed by atoms with E-state index in [0.29, 0.717) is 30.3 Å². The smallest absolute Gasteiger partial charge is 0.347 e. The van der Waals surface area contributed by atoms with Crippen LogP contribution in [-0.4, -0.2) is 19.2 Å². The van der Waals surface area contributed by atoms with Crippen LogP contribution in [0.1, 0.15) is 56.3 Å². The molecule has 0 saturated heterocycles. The third-order valence-corrected chi connectivity index (χ3v) is 3.91. The molecule has 0 heterocycles. The number of hydrogen-bond acceptors (Lipinski definition) is 4. The average Bonchev–Trinajstić information content (AvgIpc) is 2.67. The van der Waals surface area contributed by atoms with Gasteiger partial charge in [-0.05, 0) is 49.2 Å². The van der Waals surface area contributed by atoms with Crippen molar-refractivity contribution in [2.45, 2.75) is 46.0 Å². The van der Waals surface area contributed by atoms with Gasteiger partial charge in [-0.15, -0.1) is 0 Å². The van der Waals surface area contributed by atoms with Gasteiger partial charge in [-0.1, -0.05) is 45.2 Å². The summed E-state index contributed by atoms with van der Waals surface area (Å²) in [6.45, 7) is 5.56. The fourth-order valence-corrected chi connectivity index (χ4v) is 2.40. The summed E-state index contributed by atoms with van der Waals surface area (Å²) >= 11 is 0. The molecule has 0 spiro atoms. The Bertz CT molecular complexity index is 664. The molecule has 0 aliphatic carbocycles. The van der Waals surface area contributed by atoms with Crippen LogP contribution in [0.2, 0.25) is 0 Å². The van der Waals surface area contributed by atoms with Gasteiger partial charge < -0.3 is 14.2 Å². The predicted molar refractivity (Wildman–Crippen MR) is 103 cm³/mol. The molecule has 2 rings (SSSR count). The first-order valence-electron chi connectivity index (χ1n) is 9.41. The van der Waals surface area contributed by atoms with E-state index in [1.54, 1.807) is 30.3 Å². The molecular formula is C22H28O4. The van der Waals surface area contributed by atoms with Crippen molar-refractivity contribution >= 4 is 5.97 Å². The van der Waals surface area contributed by atoms with Crippen LogP contribution in [0.5, 0.6) is 17.2 Å². The number of carbonyl (C=O) groups excluding carboxylic acids is 1.